The molecule has 6 nitrogen and oxygen atoms in total. The van der Waals surface area contributed by atoms with Crippen molar-refractivity contribution in [3.8, 4) is 11.5 Å². The summed E-state index contributed by atoms with van der Waals surface area (Å²) in [5.74, 6) is 1.55. The SMILES string of the molecule is CCCCNC(=O)CN1CC[C@]2(O)CCCC[C@H]2[C@@H]1c1ccc(OC)c(OC)c1. The molecule has 1 saturated heterocycles. The molecule has 1 amide bonds. The second-order valence-corrected chi connectivity index (χ2v) is 8.44. The van der Waals surface area contributed by atoms with Gasteiger partial charge in [0.15, 0.2) is 11.5 Å². The molecule has 0 aromatic heterocycles. The monoisotopic (exact) mass is 404 g/mol. The Bertz CT molecular complexity index is 695. The number of likely N-dealkylation sites (tertiary alicyclic amines) is 1. The first-order valence-corrected chi connectivity index (χ1v) is 11.0. The highest BCUT2D eigenvalue weighted by Gasteiger charge is 2.49. The first-order valence-electron chi connectivity index (χ1n) is 11.0. The van der Waals surface area contributed by atoms with Gasteiger partial charge in [-0.15, -0.1) is 0 Å². The van der Waals surface area contributed by atoms with E-state index in [9.17, 15) is 9.90 Å². The van der Waals surface area contributed by atoms with Crippen molar-refractivity contribution in [3.63, 3.8) is 0 Å². The third-order valence-corrected chi connectivity index (χ3v) is 6.62. The van der Waals surface area contributed by atoms with Gasteiger partial charge in [-0.2, -0.15) is 0 Å². The van der Waals surface area contributed by atoms with E-state index in [1.807, 2.05) is 18.2 Å². The van der Waals surface area contributed by atoms with Crippen LogP contribution in [-0.4, -0.2) is 55.4 Å². The minimum atomic E-state index is -0.648. The number of hydrogen-bond donors (Lipinski definition) is 2. The van der Waals surface area contributed by atoms with Crippen molar-refractivity contribution < 1.29 is 19.4 Å². The molecule has 0 radical (unpaired) electrons. The number of carbonyl (C=O) groups excluding carboxylic acids is 1. The van der Waals surface area contributed by atoms with Gasteiger partial charge in [-0.25, -0.2) is 0 Å². The van der Waals surface area contributed by atoms with Crippen molar-refractivity contribution in [2.45, 2.75) is 63.5 Å². The van der Waals surface area contributed by atoms with Gasteiger partial charge in [0.2, 0.25) is 5.91 Å². The average Bonchev–Trinajstić information content (AvgIpc) is 2.73. The number of nitrogens with zero attached hydrogens (tertiary/aromatic N) is 1. The van der Waals surface area contributed by atoms with Crippen LogP contribution in [0.5, 0.6) is 11.5 Å². The summed E-state index contributed by atoms with van der Waals surface area (Å²) in [5, 5.41) is 14.4. The molecule has 1 aliphatic carbocycles. The number of unbranched alkanes of at least 4 members (excludes halogenated alkanes) is 1. The van der Waals surface area contributed by atoms with Crippen LogP contribution in [0.4, 0.5) is 0 Å². The topological polar surface area (TPSA) is 71.0 Å². The summed E-state index contributed by atoms with van der Waals surface area (Å²) in [7, 11) is 3.27. The van der Waals surface area contributed by atoms with E-state index in [0.29, 0.717) is 24.6 Å². The highest BCUT2D eigenvalue weighted by Crippen LogP contribution is 2.50. The predicted molar refractivity (Wildman–Crippen MR) is 113 cm³/mol. The quantitative estimate of drug-likeness (QED) is 0.651. The number of ether oxygens (including phenoxy) is 2. The van der Waals surface area contributed by atoms with Crippen molar-refractivity contribution in [2.24, 2.45) is 5.92 Å². The number of piperidine rings is 1. The molecule has 1 aromatic carbocycles. The third kappa shape index (κ3) is 4.86. The highest BCUT2D eigenvalue weighted by molar-refractivity contribution is 5.78. The maximum absolute atomic E-state index is 12.6. The Morgan fingerprint density at radius 2 is 2.03 bits per heavy atom. The average molecular weight is 405 g/mol. The van der Waals surface area contributed by atoms with Crippen LogP contribution in [0.1, 0.15) is 63.5 Å². The fourth-order valence-corrected chi connectivity index (χ4v) is 5.04. The Balaban J connectivity index is 1.88. The minimum absolute atomic E-state index is 0.00854. The van der Waals surface area contributed by atoms with E-state index in [1.165, 1.54) is 0 Å². The van der Waals surface area contributed by atoms with Crippen LogP contribution in [0, 0.1) is 5.92 Å². The lowest BCUT2D eigenvalue weighted by molar-refractivity contribution is -0.137. The Morgan fingerprint density at radius 1 is 1.24 bits per heavy atom. The van der Waals surface area contributed by atoms with Gasteiger partial charge < -0.3 is 19.9 Å². The zero-order valence-electron chi connectivity index (χ0n) is 18.1. The lowest BCUT2D eigenvalue weighted by Crippen LogP contribution is -2.56. The van der Waals surface area contributed by atoms with E-state index < -0.39 is 5.60 Å². The van der Waals surface area contributed by atoms with Crippen molar-refractivity contribution >= 4 is 5.91 Å². The fraction of sp³-hybridized carbons (Fsp3) is 0.696. The lowest BCUT2D eigenvalue weighted by Gasteiger charge is -2.52. The second-order valence-electron chi connectivity index (χ2n) is 8.44. The zero-order valence-corrected chi connectivity index (χ0v) is 18.1. The van der Waals surface area contributed by atoms with Crippen molar-refractivity contribution in [3.05, 3.63) is 23.8 Å². The van der Waals surface area contributed by atoms with E-state index in [0.717, 1.165) is 57.1 Å². The molecule has 1 aliphatic heterocycles. The number of amides is 1. The molecule has 2 fully saturated rings. The van der Waals surface area contributed by atoms with E-state index in [-0.39, 0.29) is 17.9 Å². The maximum atomic E-state index is 12.6. The molecule has 0 bridgehead atoms. The number of carbonyl (C=O) groups is 1. The van der Waals surface area contributed by atoms with Gasteiger partial charge in [-0.3, -0.25) is 9.69 Å². The van der Waals surface area contributed by atoms with E-state index in [4.69, 9.17) is 9.47 Å². The van der Waals surface area contributed by atoms with Crippen LogP contribution in [-0.2, 0) is 4.79 Å². The standard InChI is InChI=1S/C23H36N2O4/c1-4-5-13-24-21(26)16-25-14-12-23(27)11-7-6-8-18(23)22(25)17-9-10-19(28-2)20(15-17)29-3/h9-10,15,18,22,27H,4-8,11-14,16H2,1-3H3,(H,24,26)/t18-,22-,23+/m0/s1. The molecule has 29 heavy (non-hydrogen) atoms. The van der Waals surface area contributed by atoms with Crippen molar-refractivity contribution in [1.29, 1.82) is 0 Å². The van der Waals surface area contributed by atoms with E-state index in [1.54, 1.807) is 14.2 Å². The number of fused-ring (bicyclic) bond motifs is 1. The Hall–Kier alpha value is -1.79. The second kappa shape index (κ2) is 9.81. The third-order valence-electron chi connectivity index (χ3n) is 6.62. The Labute approximate surface area is 174 Å². The molecular formula is C23H36N2O4. The first kappa shape index (κ1) is 21.9. The highest BCUT2D eigenvalue weighted by atomic mass is 16.5. The molecule has 3 rings (SSSR count). The molecule has 1 aromatic rings. The number of hydrogen-bond acceptors (Lipinski definition) is 5. The van der Waals surface area contributed by atoms with Gasteiger partial charge in [-0.05, 0) is 43.4 Å². The minimum Gasteiger partial charge on any atom is -0.493 e. The zero-order chi connectivity index (χ0) is 20.9. The van der Waals surface area contributed by atoms with Crippen LogP contribution >= 0.6 is 0 Å². The first-order chi connectivity index (χ1) is 14.0. The van der Waals surface area contributed by atoms with Gasteiger partial charge in [0.05, 0.1) is 26.4 Å². The number of methoxy groups -OCH3 is 2. The van der Waals surface area contributed by atoms with Crippen LogP contribution in [0.2, 0.25) is 0 Å². The molecule has 0 unspecified atom stereocenters. The maximum Gasteiger partial charge on any atom is 0.234 e. The molecule has 2 aliphatic rings. The number of rotatable bonds is 8. The molecular weight excluding hydrogens is 368 g/mol. The van der Waals surface area contributed by atoms with E-state index in [2.05, 4.69) is 17.1 Å². The molecule has 162 valence electrons. The van der Waals surface area contributed by atoms with Crippen molar-refractivity contribution in [2.75, 3.05) is 33.9 Å². The largest absolute Gasteiger partial charge is 0.493 e. The lowest BCUT2D eigenvalue weighted by atomic mass is 9.66. The smallest absolute Gasteiger partial charge is 0.234 e. The molecule has 1 saturated carbocycles. The van der Waals surface area contributed by atoms with Gasteiger partial charge in [-0.1, -0.05) is 32.3 Å². The van der Waals surface area contributed by atoms with Gasteiger partial charge in [0.25, 0.3) is 0 Å². The fourth-order valence-electron chi connectivity index (χ4n) is 5.04. The van der Waals surface area contributed by atoms with Gasteiger partial charge >= 0.3 is 0 Å². The molecule has 2 N–H and O–H groups in total. The number of benzene rings is 1. The van der Waals surface area contributed by atoms with Gasteiger partial charge in [0.1, 0.15) is 0 Å². The molecule has 6 heteroatoms. The number of nitrogens with one attached hydrogen (secondary N) is 1. The van der Waals surface area contributed by atoms with Gasteiger partial charge in [0, 0.05) is 25.0 Å². The summed E-state index contributed by atoms with van der Waals surface area (Å²) in [6, 6.07) is 5.97. The number of aliphatic hydroxyl groups is 1. The normalized spacial score (nSPS) is 27.2. The summed E-state index contributed by atoms with van der Waals surface area (Å²) in [6.07, 6.45) is 6.79. The summed E-state index contributed by atoms with van der Waals surface area (Å²) in [4.78, 5) is 14.8. The van der Waals surface area contributed by atoms with Crippen molar-refractivity contribution in [1.82, 2.24) is 10.2 Å². The Kier molecular flexibility index (Phi) is 7.41. The summed E-state index contributed by atoms with van der Waals surface area (Å²) in [5.41, 5.74) is 0.430. The van der Waals surface area contributed by atoms with Crippen LogP contribution in [0.25, 0.3) is 0 Å². The molecule has 0 spiro atoms. The summed E-state index contributed by atoms with van der Waals surface area (Å²) in [6.45, 7) is 3.91. The van der Waals surface area contributed by atoms with Crippen LogP contribution in [0.15, 0.2) is 18.2 Å². The summed E-state index contributed by atoms with van der Waals surface area (Å²) < 4.78 is 10.9. The molecule has 1 heterocycles. The van der Waals surface area contributed by atoms with Crippen LogP contribution in [0.3, 0.4) is 0 Å². The summed E-state index contributed by atoms with van der Waals surface area (Å²) >= 11 is 0. The predicted octanol–water partition coefficient (Wildman–Crippen LogP) is 3.29. The molecule has 3 atom stereocenters. The van der Waals surface area contributed by atoms with E-state index >= 15 is 0 Å². The Morgan fingerprint density at radius 3 is 2.76 bits per heavy atom. The van der Waals surface area contributed by atoms with Crippen LogP contribution < -0.4 is 14.8 Å².